The summed E-state index contributed by atoms with van der Waals surface area (Å²) in [5.74, 6) is 2.53. The lowest BCUT2D eigenvalue weighted by atomic mass is 9.72. The number of nitrogens with zero attached hydrogens (tertiary/aromatic N) is 3. The van der Waals surface area contributed by atoms with Crippen LogP contribution < -0.4 is 4.74 Å². The molecule has 2 aliphatic heterocycles. The van der Waals surface area contributed by atoms with Crippen molar-refractivity contribution in [3.05, 3.63) is 152 Å². The molecule has 0 spiro atoms. The van der Waals surface area contributed by atoms with Gasteiger partial charge in [0, 0.05) is 42.3 Å². The minimum Gasteiger partial charge on any atom is -0.464 e. The van der Waals surface area contributed by atoms with Crippen molar-refractivity contribution in [2.24, 2.45) is 4.99 Å². The Morgan fingerprint density at radius 2 is 1.52 bits per heavy atom. The molecule has 5 aromatic carbocycles. The third-order valence-corrected chi connectivity index (χ3v) is 14.1. The standard InChI is InChI=1S/C57H61N3O2/c1-31(2)40-16-14-17-41(32(3)4)51(40)36-25-37(54-59-50-20-19-42-34(6)22-33(5)23-45(42)57(50,13)62-54)27-39(26-36)61-49-30-48-46(24-35(49)7)56(11,12)47-29-38(55(8,9)10)28-44-43-18-15-21-58-53(43)60(48)52(44)47/h14-18,21-32,50H,19-20H2,1-13H3/t50-,57+/m1/s1/i19D2. The lowest BCUT2D eigenvalue weighted by Gasteiger charge is -2.37. The number of rotatable bonds is 6. The van der Waals surface area contributed by atoms with Gasteiger partial charge in [-0.15, -0.1) is 0 Å². The first kappa shape index (κ1) is 38.0. The molecule has 0 radical (unpaired) electrons. The van der Waals surface area contributed by atoms with Crippen molar-refractivity contribution >= 4 is 27.8 Å². The molecular weight excluding hydrogens is 759 g/mol. The molecule has 5 nitrogen and oxygen atoms in total. The minimum absolute atomic E-state index is 0.0223. The zero-order valence-electron chi connectivity index (χ0n) is 40.8. The number of aliphatic imine (C=N–C) groups is 1. The summed E-state index contributed by atoms with van der Waals surface area (Å²) in [7, 11) is 0. The Labute approximate surface area is 371 Å². The smallest absolute Gasteiger partial charge is 0.217 e. The van der Waals surface area contributed by atoms with Crippen LogP contribution in [-0.2, 0) is 27.5 Å². The molecular formula is C57H61N3O2. The van der Waals surface area contributed by atoms with E-state index in [0.717, 1.165) is 61.4 Å². The summed E-state index contributed by atoms with van der Waals surface area (Å²) in [6.45, 7) is 28.9. The van der Waals surface area contributed by atoms with E-state index in [0.29, 0.717) is 11.6 Å². The maximum atomic E-state index is 9.23. The molecule has 62 heavy (non-hydrogen) atoms. The number of aromatic nitrogens is 2. The number of pyridine rings is 1. The van der Waals surface area contributed by atoms with E-state index in [-0.39, 0.29) is 29.1 Å². The van der Waals surface area contributed by atoms with E-state index in [1.165, 1.54) is 44.3 Å². The Kier molecular flexibility index (Phi) is 8.53. The van der Waals surface area contributed by atoms with Crippen molar-refractivity contribution in [1.82, 2.24) is 9.55 Å². The second-order valence-electron chi connectivity index (χ2n) is 20.7. The largest absolute Gasteiger partial charge is 0.464 e. The topological polar surface area (TPSA) is 48.6 Å². The van der Waals surface area contributed by atoms with Crippen LogP contribution in [0.3, 0.4) is 0 Å². The molecule has 0 saturated heterocycles. The van der Waals surface area contributed by atoms with Crippen molar-refractivity contribution in [2.75, 3.05) is 0 Å². The van der Waals surface area contributed by atoms with Crippen LogP contribution in [0.1, 0.15) is 151 Å². The van der Waals surface area contributed by atoms with Crippen molar-refractivity contribution < 1.29 is 12.2 Å². The average molecular weight is 822 g/mol. The van der Waals surface area contributed by atoms with E-state index in [4.69, 9.17) is 19.5 Å². The SMILES string of the molecule is [2H]C1([2H])C[C@H]2N=C(c3cc(Oc4cc5c(cc4C)C(C)(C)c4cc(C(C)(C)C)cc6c7cccnc7n-5c46)cc(-c4c(C(C)C)cccc4C(C)C)c3)O[C@@]2(C)c2cc(C)cc(C)c21. The fourth-order valence-corrected chi connectivity index (χ4v) is 10.6. The second-order valence-corrected chi connectivity index (χ2v) is 20.7. The van der Waals surface area contributed by atoms with E-state index in [1.807, 2.05) is 19.2 Å². The van der Waals surface area contributed by atoms with E-state index in [9.17, 15) is 2.74 Å². The van der Waals surface area contributed by atoms with E-state index in [2.05, 4.69) is 167 Å². The van der Waals surface area contributed by atoms with E-state index < -0.39 is 18.0 Å². The third-order valence-electron chi connectivity index (χ3n) is 14.1. The van der Waals surface area contributed by atoms with Gasteiger partial charge < -0.3 is 9.47 Å². The predicted octanol–water partition coefficient (Wildman–Crippen LogP) is 14.8. The van der Waals surface area contributed by atoms with E-state index >= 15 is 0 Å². The number of hydrogen-bond acceptors (Lipinski definition) is 4. The summed E-state index contributed by atoms with van der Waals surface area (Å²) in [4.78, 5) is 10.3. The highest BCUT2D eigenvalue weighted by atomic mass is 16.5. The van der Waals surface area contributed by atoms with Crippen LogP contribution >= 0.6 is 0 Å². The van der Waals surface area contributed by atoms with Crippen LogP contribution in [0.2, 0.25) is 0 Å². The van der Waals surface area contributed by atoms with Gasteiger partial charge in [-0.25, -0.2) is 9.98 Å². The Morgan fingerprint density at radius 3 is 2.23 bits per heavy atom. The van der Waals surface area contributed by atoms with E-state index in [1.54, 1.807) is 0 Å². The monoisotopic (exact) mass is 821 g/mol. The fraction of sp³-hybridized carbons (Fsp3) is 0.368. The number of ether oxygens (including phenoxy) is 2. The molecule has 5 heteroatoms. The van der Waals surface area contributed by atoms with Crippen LogP contribution in [0.4, 0.5) is 0 Å². The van der Waals surface area contributed by atoms with Gasteiger partial charge in [0.2, 0.25) is 5.90 Å². The van der Waals surface area contributed by atoms with Gasteiger partial charge in [0.05, 0.1) is 17.2 Å². The molecule has 2 atom stereocenters. The first-order chi connectivity index (χ1) is 30.1. The number of fused-ring (bicyclic) bond motifs is 8. The van der Waals surface area contributed by atoms with Gasteiger partial charge in [-0.3, -0.25) is 4.57 Å². The Bertz CT molecular complexity index is 3120. The van der Waals surface area contributed by atoms with Gasteiger partial charge in [0.1, 0.15) is 17.1 Å². The molecule has 1 aliphatic carbocycles. The molecule has 0 amide bonds. The van der Waals surface area contributed by atoms with Gasteiger partial charge in [0.25, 0.3) is 0 Å². The van der Waals surface area contributed by atoms with Gasteiger partial charge >= 0.3 is 0 Å². The zero-order chi connectivity index (χ0) is 45.6. The van der Waals surface area contributed by atoms with Gasteiger partial charge in [0.15, 0.2) is 5.60 Å². The normalized spacial score (nSPS) is 20.1. The number of benzene rings is 5. The first-order valence-corrected chi connectivity index (χ1v) is 22.5. The quantitative estimate of drug-likeness (QED) is 0.168. The zero-order valence-corrected chi connectivity index (χ0v) is 38.8. The molecule has 316 valence electrons. The molecule has 7 aromatic rings. The molecule has 0 saturated carbocycles. The molecule has 0 N–H and O–H groups in total. The number of aryl methyl sites for hydroxylation is 3. The van der Waals surface area contributed by atoms with Crippen molar-refractivity contribution in [2.45, 2.75) is 137 Å². The summed E-state index contributed by atoms with van der Waals surface area (Å²) in [6, 6.07) is 30.5. The molecule has 0 bridgehead atoms. The predicted molar refractivity (Wildman–Crippen MR) is 257 cm³/mol. The lowest BCUT2D eigenvalue weighted by molar-refractivity contribution is 0.0634. The maximum Gasteiger partial charge on any atom is 0.217 e. The van der Waals surface area contributed by atoms with Crippen molar-refractivity contribution in [3.8, 4) is 28.3 Å². The molecule has 10 rings (SSSR count). The lowest BCUT2D eigenvalue weighted by Crippen LogP contribution is -2.39. The number of hydrogen-bond donors (Lipinski definition) is 0. The van der Waals surface area contributed by atoms with Crippen molar-refractivity contribution in [3.63, 3.8) is 0 Å². The summed E-state index contributed by atoms with van der Waals surface area (Å²) >= 11 is 0. The molecule has 0 fully saturated rings. The van der Waals surface area contributed by atoms with Crippen LogP contribution in [-0.4, -0.2) is 21.5 Å². The average Bonchev–Trinajstić information content (AvgIpc) is 3.74. The van der Waals surface area contributed by atoms with Crippen molar-refractivity contribution in [1.29, 1.82) is 0 Å². The highest BCUT2D eigenvalue weighted by Crippen LogP contribution is 2.51. The van der Waals surface area contributed by atoms with Gasteiger partial charge in [-0.2, -0.15) is 0 Å². The Balaban J connectivity index is 1.16. The summed E-state index contributed by atoms with van der Waals surface area (Å²) in [5, 5.41) is 2.37. The van der Waals surface area contributed by atoms with Crippen LogP contribution in [0.25, 0.3) is 38.8 Å². The minimum atomic E-state index is -1.54. The molecule has 4 heterocycles. The first-order valence-electron chi connectivity index (χ1n) is 23.5. The Hall–Kier alpha value is -5.68. The Morgan fingerprint density at radius 1 is 0.790 bits per heavy atom. The van der Waals surface area contributed by atoms with Crippen LogP contribution in [0.15, 0.2) is 96.1 Å². The van der Waals surface area contributed by atoms with Gasteiger partial charge in [-0.1, -0.05) is 104 Å². The molecule has 3 aliphatic rings. The van der Waals surface area contributed by atoms with Gasteiger partial charge in [-0.05, 0) is 156 Å². The second kappa shape index (κ2) is 13.9. The summed E-state index contributed by atoms with van der Waals surface area (Å²) in [5.41, 5.74) is 16.2. The molecule has 0 unspecified atom stereocenters. The highest BCUT2D eigenvalue weighted by molar-refractivity contribution is 6.10. The summed E-state index contributed by atoms with van der Waals surface area (Å²) in [6.07, 6.45) is 0.590. The highest BCUT2D eigenvalue weighted by Gasteiger charge is 2.48. The third kappa shape index (κ3) is 6.08. The van der Waals surface area contributed by atoms with Crippen LogP contribution in [0.5, 0.6) is 11.5 Å². The summed E-state index contributed by atoms with van der Waals surface area (Å²) < 4.78 is 35.1. The van der Waals surface area contributed by atoms with Crippen LogP contribution in [0, 0.1) is 20.8 Å². The maximum absolute atomic E-state index is 9.23. The molecule has 2 aromatic heterocycles. The fourth-order valence-electron chi connectivity index (χ4n) is 10.6.